The number of imidazole rings is 2. The molecule has 2 aliphatic rings. The predicted octanol–water partition coefficient (Wildman–Crippen LogP) is 6.88. The molecule has 2 unspecified atom stereocenters. The van der Waals surface area contributed by atoms with Crippen LogP contribution in [0.2, 0.25) is 0 Å². The molecule has 0 spiro atoms. The first-order chi connectivity index (χ1) is 20.4. The van der Waals surface area contributed by atoms with E-state index in [1.165, 1.54) is 32.8 Å². The number of carboxylic acids is 1. The second-order valence-corrected chi connectivity index (χ2v) is 13.0. The molecule has 0 aromatic carbocycles. The Kier molecular flexibility index (Phi) is 28.6. The number of Topliss-reactive ketones (excluding diaryl/α,β-unsaturated/α-hetero) is 1. The maximum absolute atomic E-state index is 10.8. The minimum atomic E-state index is -0.793. The number of hydrogen-bond donors (Lipinski definition) is 2. The van der Waals surface area contributed by atoms with Gasteiger partial charge < -0.3 is 5.11 Å². The van der Waals surface area contributed by atoms with Gasteiger partial charge in [-0.3, -0.25) is 4.79 Å². The summed E-state index contributed by atoms with van der Waals surface area (Å²) in [5.74, 6) is 2.55. The first kappa shape index (κ1) is 51.5. The summed E-state index contributed by atoms with van der Waals surface area (Å²) in [5, 5.41) is 17.5. The predicted molar refractivity (Wildman–Crippen MR) is 205 cm³/mol. The molecule has 9 nitrogen and oxygen atoms in total. The zero-order valence-corrected chi connectivity index (χ0v) is 27.5. The van der Waals surface area contributed by atoms with Gasteiger partial charge >= 0.3 is 85.8 Å². The van der Waals surface area contributed by atoms with Crippen LogP contribution in [0.5, 0.6) is 0 Å². The first-order valence-electron chi connectivity index (χ1n) is 15.8. The maximum atomic E-state index is 10.8. The van der Waals surface area contributed by atoms with Gasteiger partial charge in [-0.2, -0.15) is 0 Å². The van der Waals surface area contributed by atoms with Crippen LogP contribution >= 0.6 is 0 Å². The molecular formula is C38H75BN5O4+3. The van der Waals surface area contributed by atoms with Gasteiger partial charge in [0.05, 0.1) is 12.6 Å². The van der Waals surface area contributed by atoms with Gasteiger partial charge in [0.25, 0.3) is 0 Å². The number of nitrogens with zero attached hydrogens (tertiary/aromatic N) is 5. The van der Waals surface area contributed by atoms with E-state index in [0.717, 1.165) is 48.6 Å². The van der Waals surface area contributed by atoms with E-state index in [4.69, 9.17) is 10.1 Å². The van der Waals surface area contributed by atoms with Crippen molar-refractivity contribution in [3.8, 4) is 0 Å². The van der Waals surface area contributed by atoms with Crippen molar-refractivity contribution in [1.82, 2.24) is 9.13 Å². The van der Waals surface area contributed by atoms with E-state index in [2.05, 4.69) is 61.5 Å². The van der Waals surface area contributed by atoms with Gasteiger partial charge in [0.15, 0.2) is 12.3 Å². The standard InChI is InChI=1S/C14H22N2O2.C10H17BNO.C9H15N2O.5CH4/c1-11(2)13-4-3-12(7-13)8-15-5-6-16(10-15)9-14(17)18;1-9(2)3-6-12-7-4-10(11-13)5-8-12;1-8(2)11-5-4-10(7-11)6-9(3)12;;;;;/h5-6,10-13H,3-4,7-9H2,1-2H3;4,7-9,13H,3,5-6H2,1-2H3;4-5,7-8H,6H2,1-3H3;5*1H4/q;2*+1;;;;;/p+1. The zero-order valence-electron chi connectivity index (χ0n) is 27.5. The summed E-state index contributed by atoms with van der Waals surface area (Å²) in [6.45, 7) is 17.5. The summed E-state index contributed by atoms with van der Waals surface area (Å²) >= 11 is 0. The van der Waals surface area contributed by atoms with E-state index >= 15 is 0 Å². The Morgan fingerprint density at radius 1 is 0.938 bits per heavy atom. The number of hydrogen-bond acceptors (Lipinski definition) is 3. The normalized spacial score (nSPS) is 16.7. The van der Waals surface area contributed by atoms with Crippen molar-refractivity contribution < 1.29 is 33.4 Å². The molecule has 1 aliphatic heterocycles. The molecule has 0 saturated heterocycles. The molecule has 3 heterocycles. The quantitative estimate of drug-likeness (QED) is 0.201. The monoisotopic (exact) mass is 677 g/mol. The third-order valence-corrected chi connectivity index (χ3v) is 7.94. The summed E-state index contributed by atoms with van der Waals surface area (Å²) in [6, 6.07) is 0.457. The van der Waals surface area contributed by atoms with Crippen molar-refractivity contribution in [2.45, 2.75) is 143 Å². The Hall–Kier alpha value is -3.30. The van der Waals surface area contributed by atoms with Crippen LogP contribution in [0.3, 0.4) is 0 Å². The summed E-state index contributed by atoms with van der Waals surface area (Å²) in [6.07, 6.45) is 23.7. The SMILES string of the molecule is C.C.C.C.C.CC(=O)C[n+]1ccn(C(C)C)c1.CC(C)C1CCC(Cn2cc[n+](CC(=O)O)c2)C1.CC(C)CC[N+]1=CCC(=BO)C=C1. The fourth-order valence-corrected chi connectivity index (χ4v) is 5.26. The number of aliphatic carboxylic acids is 1. The van der Waals surface area contributed by atoms with Crippen LogP contribution in [0, 0.1) is 23.7 Å². The molecule has 2 aromatic rings. The molecule has 1 saturated carbocycles. The second-order valence-electron chi connectivity index (χ2n) is 13.0. The molecule has 48 heavy (non-hydrogen) atoms. The van der Waals surface area contributed by atoms with Crippen LogP contribution in [0.25, 0.3) is 0 Å². The Morgan fingerprint density at radius 2 is 1.56 bits per heavy atom. The molecular weight excluding hydrogens is 601 g/mol. The molecule has 1 aliphatic carbocycles. The number of carbonyl (C=O) groups is 2. The van der Waals surface area contributed by atoms with E-state index < -0.39 is 5.97 Å². The van der Waals surface area contributed by atoms with E-state index in [-0.39, 0.29) is 49.5 Å². The molecule has 0 radical (unpaired) electrons. The van der Waals surface area contributed by atoms with E-state index in [0.29, 0.717) is 12.6 Å². The number of carboxylic acid groups (broad SMARTS) is 1. The van der Waals surface area contributed by atoms with Crippen molar-refractivity contribution in [2.75, 3.05) is 6.54 Å². The van der Waals surface area contributed by atoms with Crippen molar-refractivity contribution in [3.63, 3.8) is 0 Å². The van der Waals surface area contributed by atoms with E-state index in [1.54, 1.807) is 11.5 Å². The van der Waals surface area contributed by atoms with Crippen LogP contribution in [0.4, 0.5) is 0 Å². The van der Waals surface area contributed by atoms with Gasteiger partial charge in [-0.15, -0.1) is 0 Å². The van der Waals surface area contributed by atoms with Gasteiger partial charge in [-0.1, -0.05) is 51.0 Å². The van der Waals surface area contributed by atoms with Crippen molar-refractivity contribution in [1.29, 1.82) is 0 Å². The zero-order chi connectivity index (χ0) is 31.9. The van der Waals surface area contributed by atoms with Gasteiger partial charge in [0, 0.05) is 0 Å². The number of ketones is 1. The summed E-state index contributed by atoms with van der Waals surface area (Å²) in [7, 11) is 1.17. The molecule has 2 aromatic heterocycles. The number of carbonyl (C=O) groups excluding carboxylic acids is 1. The fourth-order valence-electron chi connectivity index (χ4n) is 5.26. The van der Waals surface area contributed by atoms with E-state index in [1.807, 2.05) is 54.3 Å². The Balaban J connectivity index is -0.000000294. The van der Waals surface area contributed by atoms with Crippen molar-refractivity contribution in [3.05, 3.63) is 49.7 Å². The summed E-state index contributed by atoms with van der Waals surface area (Å²) < 4.78 is 9.99. The third-order valence-electron chi connectivity index (χ3n) is 7.94. The molecule has 276 valence electrons. The molecule has 10 heteroatoms. The van der Waals surface area contributed by atoms with Gasteiger partial charge in [0.1, 0.15) is 31.3 Å². The molecule has 0 amide bonds. The van der Waals surface area contributed by atoms with Gasteiger partial charge in [-0.25, -0.2) is 23.1 Å². The van der Waals surface area contributed by atoms with Crippen LogP contribution in [-0.2, 0) is 29.2 Å². The van der Waals surface area contributed by atoms with Crippen LogP contribution in [0.15, 0.2) is 49.7 Å². The third kappa shape index (κ3) is 20.2. The number of aromatic nitrogens is 4. The van der Waals surface area contributed by atoms with Gasteiger partial charge in [0.2, 0.25) is 12.7 Å². The fraction of sp³-hybridized carbons (Fsp3) is 0.684. The first-order valence-corrected chi connectivity index (χ1v) is 15.8. The van der Waals surface area contributed by atoms with Gasteiger partial charge in [-0.05, 0) is 57.8 Å². The Bertz CT molecular complexity index is 1240. The molecule has 4 rings (SSSR count). The van der Waals surface area contributed by atoms with Crippen molar-refractivity contribution >= 4 is 30.6 Å². The summed E-state index contributed by atoms with van der Waals surface area (Å²) in [4.78, 5) is 21.4. The van der Waals surface area contributed by atoms with Crippen LogP contribution in [-0.4, -0.2) is 60.9 Å². The average Bonchev–Trinajstić information content (AvgIpc) is 3.70. The molecule has 2 atom stereocenters. The van der Waals surface area contributed by atoms with Crippen LogP contribution < -0.4 is 9.13 Å². The number of rotatable bonds is 11. The summed E-state index contributed by atoms with van der Waals surface area (Å²) in [5.41, 5.74) is 0.973. The second kappa shape index (κ2) is 26.6. The van der Waals surface area contributed by atoms with Crippen molar-refractivity contribution in [2.24, 2.45) is 23.7 Å². The Labute approximate surface area is 296 Å². The Morgan fingerprint density at radius 3 is 2.02 bits per heavy atom. The number of allylic oxidation sites excluding steroid dienone is 1. The van der Waals surface area contributed by atoms with Crippen LogP contribution in [0.1, 0.15) is 124 Å². The topological polar surface area (TPSA) is 95.2 Å². The minimum absolute atomic E-state index is 0. The molecule has 2 N–H and O–H groups in total. The molecule has 1 fully saturated rings. The van der Waals surface area contributed by atoms with E-state index in [9.17, 15) is 9.59 Å². The average molecular weight is 677 g/mol. The molecule has 0 bridgehead atoms.